The van der Waals surface area contributed by atoms with Gasteiger partial charge in [0.15, 0.2) is 0 Å². The predicted molar refractivity (Wildman–Crippen MR) is 48.1 cm³/mol. The molecule has 1 N–H and O–H groups in total. The van der Waals surface area contributed by atoms with Crippen LogP contribution >= 0.6 is 0 Å². The van der Waals surface area contributed by atoms with Crippen molar-refractivity contribution in [1.82, 2.24) is 9.78 Å². The first-order valence-corrected chi connectivity index (χ1v) is 4.56. The number of aliphatic hydroxyl groups is 1. The molecule has 1 aromatic rings. The summed E-state index contributed by atoms with van der Waals surface area (Å²) in [5.41, 5.74) is -1.83. The van der Waals surface area contributed by atoms with E-state index in [4.69, 9.17) is 0 Å². The van der Waals surface area contributed by atoms with Crippen LogP contribution in [0.4, 0.5) is 13.2 Å². The van der Waals surface area contributed by atoms with E-state index in [0.29, 0.717) is 6.42 Å². The number of aromatic nitrogens is 2. The van der Waals surface area contributed by atoms with Crippen molar-refractivity contribution in [2.24, 2.45) is 0 Å². The lowest BCUT2D eigenvalue weighted by molar-refractivity contribution is -0.137. The quantitative estimate of drug-likeness (QED) is 0.850. The number of hydrogen-bond acceptors (Lipinski definition) is 2. The zero-order valence-electron chi connectivity index (χ0n) is 8.54. The maximum absolute atomic E-state index is 12.2. The fraction of sp³-hybridized carbons (Fsp3) is 0.667. The Morgan fingerprint density at radius 2 is 2.07 bits per heavy atom. The number of halogens is 3. The average Bonchev–Trinajstić information content (AvgIpc) is 2.51. The van der Waals surface area contributed by atoms with Gasteiger partial charge in [0.2, 0.25) is 0 Å². The largest absolute Gasteiger partial charge is 0.419 e. The van der Waals surface area contributed by atoms with Crippen LogP contribution in [0.3, 0.4) is 0 Å². The van der Waals surface area contributed by atoms with Crippen LogP contribution in [0.5, 0.6) is 0 Å². The first kappa shape index (κ1) is 12.0. The second-order valence-electron chi connectivity index (χ2n) is 3.77. The summed E-state index contributed by atoms with van der Waals surface area (Å²) < 4.78 is 37.7. The number of hydrogen-bond donors (Lipinski definition) is 1. The van der Waals surface area contributed by atoms with Crippen LogP contribution in [0.2, 0.25) is 0 Å². The highest BCUT2D eigenvalue weighted by molar-refractivity contribution is 5.08. The standard InChI is InChI=1S/C9H13F3N2O/c1-3-8(2,15)6-14-5-7(4-13-14)9(10,11)12/h4-5,15H,3,6H2,1-2H3. The third-order valence-electron chi connectivity index (χ3n) is 2.22. The normalized spacial score (nSPS) is 16.4. The highest BCUT2D eigenvalue weighted by atomic mass is 19.4. The van der Waals surface area contributed by atoms with Crippen molar-refractivity contribution in [3.8, 4) is 0 Å². The Labute approximate surface area is 85.5 Å². The molecule has 1 aromatic heterocycles. The second kappa shape index (κ2) is 3.84. The van der Waals surface area contributed by atoms with Gasteiger partial charge in [0.05, 0.1) is 23.9 Å². The third-order valence-corrected chi connectivity index (χ3v) is 2.22. The fourth-order valence-electron chi connectivity index (χ4n) is 1.06. The Kier molecular flexibility index (Phi) is 3.08. The molecular weight excluding hydrogens is 209 g/mol. The first-order valence-electron chi connectivity index (χ1n) is 4.56. The molecule has 1 atom stereocenters. The Bertz CT molecular complexity index is 330. The van der Waals surface area contributed by atoms with Gasteiger partial charge in [-0.2, -0.15) is 18.3 Å². The number of nitrogens with zero attached hydrogens (tertiary/aromatic N) is 2. The van der Waals surface area contributed by atoms with Crippen LogP contribution in [0.1, 0.15) is 25.8 Å². The van der Waals surface area contributed by atoms with E-state index in [1.54, 1.807) is 13.8 Å². The van der Waals surface area contributed by atoms with E-state index in [1.807, 2.05) is 0 Å². The van der Waals surface area contributed by atoms with Crippen molar-refractivity contribution in [3.05, 3.63) is 18.0 Å². The SMILES string of the molecule is CCC(C)(O)Cn1cc(C(F)(F)F)cn1. The van der Waals surface area contributed by atoms with Crippen molar-refractivity contribution in [2.45, 2.75) is 38.6 Å². The molecule has 0 aromatic carbocycles. The molecule has 0 aliphatic rings. The van der Waals surface area contributed by atoms with Crippen LogP contribution in [0, 0.1) is 0 Å². The molecule has 86 valence electrons. The maximum atomic E-state index is 12.2. The molecule has 1 heterocycles. The molecule has 3 nitrogen and oxygen atoms in total. The van der Waals surface area contributed by atoms with Crippen molar-refractivity contribution < 1.29 is 18.3 Å². The molecule has 0 radical (unpaired) electrons. The lowest BCUT2D eigenvalue weighted by Crippen LogP contribution is -2.29. The maximum Gasteiger partial charge on any atom is 0.419 e. The zero-order chi connectivity index (χ0) is 11.7. The molecular formula is C9H13F3N2O. The van der Waals surface area contributed by atoms with Gasteiger partial charge in [-0.1, -0.05) is 6.92 Å². The van der Waals surface area contributed by atoms with E-state index in [9.17, 15) is 18.3 Å². The fourth-order valence-corrected chi connectivity index (χ4v) is 1.06. The summed E-state index contributed by atoms with van der Waals surface area (Å²) in [6.45, 7) is 3.37. The molecule has 0 saturated carbocycles. The minimum atomic E-state index is -4.38. The third kappa shape index (κ3) is 3.23. The number of alkyl halides is 3. The summed E-state index contributed by atoms with van der Waals surface area (Å²) in [6.07, 6.45) is -2.28. The van der Waals surface area contributed by atoms with Crippen LogP contribution in [-0.4, -0.2) is 20.5 Å². The zero-order valence-corrected chi connectivity index (χ0v) is 8.54. The molecule has 1 rings (SSSR count). The smallest absolute Gasteiger partial charge is 0.388 e. The van der Waals surface area contributed by atoms with Crippen LogP contribution in [-0.2, 0) is 12.7 Å². The van der Waals surface area contributed by atoms with Gasteiger partial charge in [0.1, 0.15) is 0 Å². The molecule has 0 bridgehead atoms. The van der Waals surface area contributed by atoms with E-state index in [-0.39, 0.29) is 6.54 Å². The molecule has 0 fully saturated rings. The molecule has 6 heteroatoms. The molecule has 0 aliphatic carbocycles. The Balaban J connectivity index is 2.78. The van der Waals surface area contributed by atoms with Crippen LogP contribution in [0.15, 0.2) is 12.4 Å². The van der Waals surface area contributed by atoms with Gasteiger partial charge in [0, 0.05) is 6.20 Å². The highest BCUT2D eigenvalue weighted by Gasteiger charge is 2.32. The topological polar surface area (TPSA) is 38.0 Å². The van der Waals surface area contributed by atoms with Crippen LogP contribution in [0.25, 0.3) is 0 Å². The number of rotatable bonds is 3. The van der Waals surface area contributed by atoms with Gasteiger partial charge in [0.25, 0.3) is 0 Å². The molecule has 0 saturated heterocycles. The highest BCUT2D eigenvalue weighted by Crippen LogP contribution is 2.28. The summed E-state index contributed by atoms with van der Waals surface area (Å²) in [6, 6.07) is 0. The Morgan fingerprint density at radius 3 is 2.47 bits per heavy atom. The van der Waals surface area contributed by atoms with E-state index in [0.717, 1.165) is 17.1 Å². The van der Waals surface area contributed by atoms with Gasteiger partial charge in [-0.15, -0.1) is 0 Å². The monoisotopic (exact) mass is 222 g/mol. The Hall–Kier alpha value is -1.04. The molecule has 1 unspecified atom stereocenters. The van der Waals surface area contributed by atoms with E-state index in [1.165, 1.54) is 0 Å². The minimum Gasteiger partial charge on any atom is -0.388 e. The predicted octanol–water partition coefficient (Wildman–Crippen LogP) is 2.06. The average molecular weight is 222 g/mol. The van der Waals surface area contributed by atoms with E-state index >= 15 is 0 Å². The summed E-state index contributed by atoms with van der Waals surface area (Å²) in [7, 11) is 0. The lowest BCUT2D eigenvalue weighted by Gasteiger charge is -2.20. The molecule has 0 aliphatic heterocycles. The van der Waals surface area contributed by atoms with E-state index < -0.39 is 17.3 Å². The molecule has 15 heavy (non-hydrogen) atoms. The lowest BCUT2D eigenvalue weighted by atomic mass is 10.0. The summed E-state index contributed by atoms with van der Waals surface area (Å²) >= 11 is 0. The van der Waals surface area contributed by atoms with Gasteiger partial charge < -0.3 is 5.11 Å². The van der Waals surface area contributed by atoms with Gasteiger partial charge in [-0.25, -0.2) is 0 Å². The van der Waals surface area contributed by atoms with Crippen molar-refractivity contribution in [3.63, 3.8) is 0 Å². The Morgan fingerprint density at radius 1 is 1.47 bits per heavy atom. The van der Waals surface area contributed by atoms with Crippen molar-refractivity contribution in [2.75, 3.05) is 0 Å². The van der Waals surface area contributed by atoms with Crippen molar-refractivity contribution in [1.29, 1.82) is 0 Å². The van der Waals surface area contributed by atoms with Crippen molar-refractivity contribution >= 4 is 0 Å². The summed E-state index contributed by atoms with van der Waals surface area (Å²) in [5.74, 6) is 0. The summed E-state index contributed by atoms with van der Waals surface area (Å²) in [4.78, 5) is 0. The molecule has 0 amide bonds. The minimum absolute atomic E-state index is 0.0551. The van der Waals surface area contributed by atoms with Gasteiger partial charge in [-0.3, -0.25) is 4.68 Å². The van der Waals surface area contributed by atoms with E-state index in [2.05, 4.69) is 5.10 Å². The van der Waals surface area contributed by atoms with Gasteiger partial charge in [-0.05, 0) is 13.3 Å². The first-order chi connectivity index (χ1) is 6.74. The van der Waals surface area contributed by atoms with Crippen LogP contribution < -0.4 is 0 Å². The molecule has 0 spiro atoms. The van der Waals surface area contributed by atoms with Gasteiger partial charge >= 0.3 is 6.18 Å². The summed E-state index contributed by atoms with van der Waals surface area (Å²) in [5, 5.41) is 13.2. The second-order valence-corrected chi connectivity index (χ2v) is 3.77.